The number of pyridine rings is 1. The van der Waals surface area contributed by atoms with Gasteiger partial charge in [0.15, 0.2) is 6.61 Å². The van der Waals surface area contributed by atoms with Crippen molar-refractivity contribution in [2.45, 2.75) is 26.7 Å². The zero-order valence-electron chi connectivity index (χ0n) is 20.3. The van der Waals surface area contributed by atoms with Gasteiger partial charge in [0, 0.05) is 17.4 Å². The first-order valence-corrected chi connectivity index (χ1v) is 11.7. The molecule has 0 fully saturated rings. The standard InChI is InChI=1S/C27H29N3O6/c1-3-5-16-35-27(33)30-24-17-21(14-15-28-24)19-6-8-20(9-7-19)26(32)29-22-10-12-23(13-11-22)36-18-25(31)34-4-2/h6-15,17H,3-5,16,18H2,1-2H3,(H,29,32)(H,28,30,33). The maximum absolute atomic E-state index is 12.6. The van der Waals surface area contributed by atoms with Crippen LogP contribution < -0.4 is 15.4 Å². The lowest BCUT2D eigenvalue weighted by molar-refractivity contribution is -0.145. The second kappa shape index (κ2) is 13.5. The van der Waals surface area contributed by atoms with Crippen molar-refractivity contribution in [2.75, 3.05) is 30.5 Å². The summed E-state index contributed by atoms with van der Waals surface area (Å²) >= 11 is 0. The van der Waals surface area contributed by atoms with Gasteiger partial charge in [-0.3, -0.25) is 10.1 Å². The molecule has 3 aromatic rings. The number of hydrogen-bond donors (Lipinski definition) is 2. The number of amides is 2. The Morgan fingerprint density at radius 1 is 0.861 bits per heavy atom. The van der Waals surface area contributed by atoms with Crippen LogP contribution in [0.1, 0.15) is 37.0 Å². The van der Waals surface area contributed by atoms with E-state index in [0.29, 0.717) is 36.0 Å². The van der Waals surface area contributed by atoms with Crippen LogP contribution in [0.15, 0.2) is 66.9 Å². The molecule has 0 saturated heterocycles. The van der Waals surface area contributed by atoms with Gasteiger partial charge in [-0.05, 0) is 73.0 Å². The molecule has 2 N–H and O–H groups in total. The SMILES string of the molecule is CCCCOC(=O)Nc1cc(-c2ccc(C(=O)Nc3ccc(OCC(=O)OCC)cc3)cc2)ccn1. The molecule has 0 spiro atoms. The van der Waals surface area contributed by atoms with Gasteiger partial charge in [0.25, 0.3) is 5.91 Å². The first-order valence-electron chi connectivity index (χ1n) is 11.7. The van der Waals surface area contributed by atoms with Crippen LogP contribution in [0.4, 0.5) is 16.3 Å². The van der Waals surface area contributed by atoms with Crippen LogP contribution in [-0.4, -0.2) is 42.8 Å². The van der Waals surface area contributed by atoms with E-state index in [9.17, 15) is 14.4 Å². The minimum absolute atomic E-state index is 0.177. The molecule has 1 heterocycles. The van der Waals surface area contributed by atoms with E-state index in [1.807, 2.05) is 25.1 Å². The Morgan fingerprint density at radius 2 is 1.61 bits per heavy atom. The summed E-state index contributed by atoms with van der Waals surface area (Å²) < 4.78 is 15.3. The first-order chi connectivity index (χ1) is 17.5. The molecule has 3 rings (SSSR count). The number of nitrogens with one attached hydrogen (secondary N) is 2. The van der Waals surface area contributed by atoms with Gasteiger partial charge < -0.3 is 19.5 Å². The third-order valence-electron chi connectivity index (χ3n) is 4.98. The summed E-state index contributed by atoms with van der Waals surface area (Å²) in [7, 11) is 0. The highest BCUT2D eigenvalue weighted by atomic mass is 16.6. The van der Waals surface area contributed by atoms with Crippen molar-refractivity contribution in [2.24, 2.45) is 0 Å². The topological polar surface area (TPSA) is 116 Å². The van der Waals surface area contributed by atoms with Gasteiger partial charge in [-0.15, -0.1) is 0 Å². The Hall–Kier alpha value is -4.40. The molecule has 0 aliphatic rings. The van der Waals surface area contributed by atoms with E-state index in [4.69, 9.17) is 14.2 Å². The van der Waals surface area contributed by atoms with Crippen LogP contribution in [0.5, 0.6) is 5.75 Å². The predicted molar refractivity (Wildman–Crippen MR) is 136 cm³/mol. The number of benzene rings is 2. The van der Waals surface area contributed by atoms with Crippen LogP contribution >= 0.6 is 0 Å². The number of carbonyl (C=O) groups is 3. The molecule has 0 bridgehead atoms. The largest absolute Gasteiger partial charge is 0.482 e. The maximum atomic E-state index is 12.6. The fourth-order valence-electron chi connectivity index (χ4n) is 3.13. The van der Waals surface area contributed by atoms with Crippen molar-refractivity contribution >= 4 is 29.5 Å². The van der Waals surface area contributed by atoms with Crippen molar-refractivity contribution in [1.82, 2.24) is 4.98 Å². The average Bonchev–Trinajstić information content (AvgIpc) is 2.89. The van der Waals surface area contributed by atoms with Crippen LogP contribution in [0.2, 0.25) is 0 Å². The fraction of sp³-hybridized carbons (Fsp3) is 0.259. The molecule has 9 nitrogen and oxygen atoms in total. The third kappa shape index (κ3) is 8.12. The van der Waals surface area contributed by atoms with E-state index in [1.54, 1.807) is 55.6 Å². The molecule has 2 aromatic carbocycles. The Bertz CT molecular complexity index is 1160. The number of unbranched alkanes of at least 4 members (excludes halogenated alkanes) is 1. The Morgan fingerprint density at radius 3 is 2.31 bits per heavy atom. The second-order valence-electron chi connectivity index (χ2n) is 7.69. The number of rotatable bonds is 11. The molecular formula is C27H29N3O6. The molecule has 0 aliphatic carbocycles. The summed E-state index contributed by atoms with van der Waals surface area (Å²) in [5.74, 6) is 0.160. The zero-order chi connectivity index (χ0) is 25.8. The summed E-state index contributed by atoms with van der Waals surface area (Å²) in [6.45, 7) is 4.23. The molecular weight excluding hydrogens is 462 g/mol. The first kappa shape index (κ1) is 26.2. The molecule has 0 unspecified atom stereocenters. The molecule has 0 atom stereocenters. The molecule has 9 heteroatoms. The van der Waals surface area contributed by atoms with Gasteiger partial charge in [-0.1, -0.05) is 25.5 Å². The number of ether oxygens (including phenoxy) is 3. The highest BCUT2D eigenvalue weighted by Gasteiger charge is 2.09. The summed E-state index contributed by atoms with van der Waals surface area (Å²) in [4.78, 5) is 40.0. The molecule has 0 aliphatic heterocycles. The number of hydrogen-bond acceptors (Lipinski definition) is 7. The summed E-state index contributed by atoms with van der Waals surface area (Å²) in [6.07, 6.45) is 2.79. The lowest BCUT2D eigenvalue weighted by atomic mass is 10.0. The van der Waals surface area contributed by atoms with E-state index in [0.717, 1.165) is 24.0 Å². The molecule has 2 amide bonds. The summed E-state index contributed by atoms with van der Waals surface area (Å²) in [5.41, 5.74) is 2.76. The van der Waals surface area contributed by atoms with Crippen molar-refractivity contribution in [1.29, 1.82) is 0 Å². The number of anilines is 2. The monoisotopic (exact) mass is 491 g/mol. The lowest BCUT2D eigenvalue weighted by Gasteiger charge is -2.09. The van der Waals surface area contributed by atoms with E-state index < -0.39 is 12.1 Å². The number of aromatic nitrogens is 1. The Kier molecular flexibility index (Phi) is 9.81. The summed E-state index contributed by atoms with van der Waals surface area (Å²) in [5, 5.41) is 5.45. The minimum atomic E-state index is -0.543. The predicted octanol–water partition coefficient (Wildman–Crippen LogP) is 5.29. The zero-order valence-corrected chi connectivity index (χ0v) is 20.3. The number of nitrogens with zero attached hydrogens (tertiary/aromatic N) is 1. The number of carbonyl (C=O) groups excluding carboxylic acids is 3. The second-order valence-corrected chi connectivity index (χ2v) is 7.69. The van der Waals surface area contributed by atoms with Gasteiger partial charge in [-0.2, -0.15) is 0 Å². The lowest BCUT2D eigenvalue weighted by Crippen LogP contribution is -2.15. The maximum Gasteiger partial charge on any atom is 0.412 e. The van der Waals surface area contributed by atoms with Gasteiger partial charge in [0.2, 0.25) is 0 Å². The quantitative estimate of drug-likeness (QED) is 0.276. The summed E-state index contributed by atoms with van der Waals surface area (Å²) in [6, 6.07) is 17.3. The van der Waals surface area contributed by atoms with Crippen molar-refractivity contribution in [3.8, 4) is 16.9 Å². The van der Waals surface area contributed by atoms with Crippen molar-refractivity contribution in [3.05, 3.63) is 72.4 Å². The fourth-order valence-corrected chi connectivity index (χ4v) is 3.13. The molecule has 0 radical (unpaired) electrons. The van der Waals surface area contributed by atoms with E-state index in [1.165, 1.54) is 0 Å². The highest BCUT2D eigenvalue weighted by Crippen LogP contribution is 2.23. The Balaban J connectivity index is 1.56. The van der Waals surface area contributed by atoms with Gasteiger partial charge in [0.1, 0.15) is 11.6 Å². The van der Waals surface area contributed by atoms with Crippen LogP contribution in [-0.2, 0) is 14.3 Å². The minimum Gasteiger partial charge on any atom is -0.482 e. The normalized spacial score (nSPS) is 10.3. The van der Waals surface area contributed by atoms with Gasteiger partial charge >= 0.3 is 12.1 Å². The average molecular weight is 492 g/mol. The van der Waals surface area contributed by atoms with Crippen LogP contribution in [0.3, 0.4) is 0 Å². The van der Waals surface area contributed by atoms with Crippen LogP contribution in [0.25, 0.3) is 11.1 Å². The van der Waals surface area contributed by atoms with E-state index >= 15 is 0 Å². The molecule has 1 aromatic heterocycles. The van der Waals surface area contributed by atoms with Gasteiger partial charge in [-0.25, -0.2) is 14.6 Å². The van der Waals surface area contributed by atoms with Crippen molar-refractivity contribution < 1.29 is 28.6 Å². The van der Waals surface area contributed by atoms with Crippen molar-refractivity contribution in [3.63, 3.8) is 0 Å². The Labute approximate surface area is 209 Å². The highest BCUT2D eigenvalue weighted by molar-refractivity contribution is 6.04. The molecule has 36 heavy (non-hydrogen) atoms. The third-order valence-corrected chi connectivity index (χ3v) is 4.98. The molecule has 188 valence electrons. The van der Waals surface area contributed by atoms with E-state index in [-0.39, 0.29) is 12.5 Å². The van der Waals surface area contributed by atoms with Crippen LogP contribution in [0, 0.1) is 0 Å². The van der Waals surface area contributed by atoms with Gasteiger partial charge in [0.05, 0.1) is 13.2 Å². The number of esters is 1. The smallest absolute Gasteiger partial charge is 0.412 e. The molecule has 0 saturated carbocycles. The van der Waals surface area contributed by atoms with E-state index in [2.05, 4.69) is 15.6 Å².